The van der Waals surface area contributed by atoms with E-state index in [-0.39, 0.29) is 13.0 Å². The van der Waals surface area contributed by atoms with Crippen molar-refractivity contribution in [3.8, 4) is 0 Å². The molecule has 31 heavy (non-hydrogen) atoms. The molecule has 13 heteroatoms. The van der Waals surface area contributed by atoms with Crippen LogP contribution in [0.1, 0.15) is 33.1 Å². The van der Waals surface area contributed by atoms with E-state index in [2.05, 4.69) is 15.4 Å². The Balaban J connectivity index is 5.05. The highest BCUT2D eigenvalue weighted by Gasteiger charge is 2.26. The average molecular weight is 506 g/mol. The first-order chi connectivity index (χ1) is 14.4. The molecule has 3 atom stereocenters. The second-order valence-corrected chi connectivity index (χ2v) is 8.78. The van der Waals surface area contributed by atoms with Crippen molar-refractivity contribution >= 4 is 58.7 Å². The fourth-order valence-electron chi connectivity index (χ4n) is 1.91. The summed E-state index contributed by atoms with van der Waals surface area (Å²) >= 11 is 16.5. The largest absolute Gasteiger partial charge is 0.467 e. The number of carbonyl (C=O) groups excluding carboxylic acids is 4. The van der Waals surface area contributed by atoms with Crippen molar-refractivity contribution < 1.29 is 38.5 Å². The maximum absolute atomic E-state index is 12.4. The molecule has 0 fully saturated rings. The van der Waals surface area contributed by atoms with Gasteiger partial charge in [-0.3, -0.25) is 4.79 Å². The normalized spacial score (nSPS) is 14.3. The van der Waals surface area contributed by atoms with Crippen LogP contribution < -0.4 is 10.6 Å². The van der Waals surface area contributed by atoms with Crippen LogP contribution in [-0.2, 0) is 28.6 Å². The van der Waals surface area contributed by atoms with E-state index in [4.69, 9.17) is 44.3 Å². The molecule has 0 saturated carbocycles. The number of aliphatic hydroxyl groups is 1. The number of ether oxygens (including phenoxy) is 3. The summed E-state index contributed by atoms with van der Waals surface area (Å²) in [6, 6.07) is -2.34. The van der Waals surface area contributed by atoms with Crippen LogP contribution in [0.2, 0.25) is 0 Å². The summed E-state index contributed by atoms with van der Waals surface area (Å²) in [6.45, 7) is 2.90. The van der Waals surface area contributed by atoms with Gasteiger partial charge < -0.3 is 30.0 Å². The van der Waals surface area contributed by atoms with Gasteiger partial charge in [-0.05, 0) is 13.3 Å². The molecule has 0 radical (unpaired) electrons. The van der Waals surface area contributed by atoms with Crippen molar-refractivity contribution in [2.45, 2.75) is 55.1 Å². The van der Waals surface area contributed by atoms with Gasteiger partial charge in [0.15, 0.2) is 6.10 Å². The number of hydrogen-bond donors (Lipinski definition) is 3. The van der Waals surface area contributed by atoms with E-state index >= 15 is 0 Å². The van der Waals surface area contributed by atoms with E-state index in [1.54, 1.807) is 0 Å². The lowest BCUT2D eigenvalue weighted by Crippen LogP contribution is -2.50. The Kier molecular flexibility index (Phi) is 14.3. The van der Waals surface area contributed by atoms with Gasteiger partial charge in [-0.15, -0.1) is 0 Å². The van der Waals surface area contributed by atoms with Gasteiger partial charge in [0.2, 0.25) is 9.70 Å². The first-order valence-electron chi connectivity index (χ1n) is 9.30. The Morgan fingerprint density at radius 3 is 2.29 bits per heavy atom. The second-order valence-electron chi connectivity index (χ2n) is 6.27. The van der Waals surface area contributed by atoms with E-state index in [1.807, 2.05) is 6.92 Å². The van der Waals surface area contributed by atoms with E-state index in [0.29, 0.717) is 6.42 Å². The highest BCUT2D eigenvalue weighted by Crippen LogP contribution is 2.25. The minimum Gasteiger partial charge on any atom is -0.467 e. The lowest BCUT2D eigenvalue weighted by molar-refractivity contribution is -0.153. The second kappa shape index (κ2) is 15.1. The van der Waals surface area contributed by atoms with E-state index < -0.39 is 52.5 Å². The third-order valence-electron chi connectivity index (χ3n) is 3.54. The zero-order valence-corrected chi connectivity index (χ0v) is 19.6. The Hall–Kier alpha value is -1.75. The van der Waals surface area contributed by atoms with Crippen molar-refractivity contribution in [2.24, 2.45) is 0 Å². The molecule has 0 aromatic heterocycles. The predicted molar refractivity (Wildman–Crippen MR) is 114 cm³/mol. The summed E-state index contributed by atoms with van der Waals surface area (Å²) in [5.41, 5.74) is 0. The van der Waals surface area contributed by atoms with Crippen molar-refractivity contribution in [2.75, 3.05) is 20.3 Å². The van der Waals surface area contributed by atoms with Crippen LogP contribution in [0.3, 0.4) is 0 Å². The summed E-state index contributed by atoms with van der Waals surface area (Å²) in [5.74, 6) is -2.31. The molecule has 1 unspecified atom stereocenters. The van der Waals surface area contributed by atoms with Gasteiger partial charge in [0, 0.05) is 6.42 Å². The quantitative estimate of drug-likeness (QED) is 0.120. The van der Waals surface area contributed by atoms with Crippen LogP contribution >= 0.6 is 34.8 Å². The van der Waals surface area contributed by atoms with Gasteiger partial charge in [0.05, 0.1) is 13.7 Å². The molecule has 3 N–H and O–H groups in total. The molecule has 0 saturated heterocycles. The highest BCUT2D eigenvalue weighted by atomic mass is 35.6. The molecule has 0 aromatic rings. The molecular weight excluding hydrogens is 479 g/mol. The number of methoxy groups -OCH3 is 1. The first kappa shape index (κ1) is 29.2. The summed E-state index contributed by atoms with van der Waals surface area (Å²) in [4.78, 5) is 47.5. The predicted octanol–water partition coefficient (Wildman–Crippen LogP) is 1.78. The minimum absolute atomic E-state index is 0.184. The van der Waals surface area contributed by atoms with E-state index in [9.17, 15) is 24.3 Å². The number of halogens is 3. The topological polar surface area (TPSA) is 140 Å². The maximum atomic E-state index is 12.4. The third kappa shape index (κ3) is 14.0. The van der Waals surface area contributed by atoms with Gasteiger partial charge in [-0.25, -0.2) is 14.4 Å². The van der Waals surface area contributed by atoms with Gasteiger partial charge in [-0.1, -0.05) is 60.3 Å². The average Bonchev–Trinajstić information content (AvgIpc) is 2.70. The standard InChI is InChI=1S/C18H27Cl3N2O8/c1-4-5-9-30-16(27)13(24)8-6-7-12(14(25)22-11(2)15(26)29-3)23-17(28)31-10-18(19,20)21/h6-7,11-13,24H,4-5,8-10H2,1-3H3,(H,22,25)(H,23,28)/b7-6+/t11-,12+,13?/m1/s1. The summed E-state index contributed by atoms with van der Waals surface area (Å²) in [5, 5.41) is 14.4. The van der Waals surface area contributed by atoms with E-state index in [1.165, 1.54) is 19.1 Å². The smallest absolute Gasteiger partial charge is 0.408 e. The molecule has 0 rings (SSSR count). The number of unbranched alkanes of at least 4 members (excludes halogenated alkanes) is 1. The molecule has 178 valence electrons. The van der Waals surface area contributed by atoms with Crippen LogP contribution in [-0.4, -0.2) is 71.3 Å². The molecule has 0 aliphatic heterocycles. The number of esters is 2. The monoisotopic (exact) mass is 504 g/mol. The number of aliphatic hydroxyl groups excluding tert-OH is 1. The fourth-order valence-corrected chi connectivity index (χ4v) is 2.07. The van der Waals surface area contributed by atoms with Crippen LogP contribution in [0.25, 0.3) is 0 Å². The lowest BCUT2D eigenvalue weighted by atomic mass is 10.1. The van der Waals surface area contributed by atoms with Gasteiger partial charge >= 0.3 is 18.0 Å². The molecule has 10 nitrogen and oxygen atoms in total. The molecular formula is C18H27Cl3N2O8. The molecule has 0 spiro atoms. The van der Waals surface area contributed by atoms with E-state index in [0.717, 1.165) is 13.5 Å². The number of alkyl halides is 3. The lowest BCUT2D eigenvalue weighted by Gasteiger charge is -2.19. The Morgan fingerprint density at radius 1 is 1.10 bits per heavy atom. The number of carbonyl (C=O) groups is 4. The number of rotatable bonds is 12. The van der Waals surface area contributed by atoms with Gasteiger partial charge in [-0.2, -0.15) is 0 Å². The van der Waals surface area contributed by atoms with Crippen LogP contribution in [0, 0.1) is 0 Å². The summed E-state index contributed by atoms with van der Waals surface area (Å²) in [7, 11) is 1.15. The molecule has 0 aliphatic carbocycles. The summed E-state index contributed by atoms with van der Waals surface area (Å²) in [6.07, 6.45) is 1.24. The van der Waals surface area contributed by atoms with Gasteiger partial charge in [0.1, 0.15) is 18.7 Å². The zero-order valence-electron chi connectivity index (χ0n) is 17.4. The minimum atomic E-state index is -1.85. The fraction of sp³-hybridized carbons (Fsp3) is 0.667. The van der Waals surface area contributed by atoms with Crippen molar-refractivity contribution in [3.05, 3.63) is 12.2 Å². The number of hydrogen-bond acceptors (Lipinski definition) is 8. The third-order valence-corrected chi connectivity index (χ3v) is 3.87. The molecule has 0 bridgehead atoms. The molecule has 2 amide bonds. The zero-order chi connectivity index (χ0) is 24.0. The Morgan fingerprint density at radius 2 is 1.74 bits per heavy atom. The molecule has 0 heterocycles. The Bertz CT molecular complexity index is 640. The number of alkyl carbamates (subject to hydrolysis) is 1. The van der Waals surface area contributed by atoms with Crippen LogP contribution in [0.15, 0.2) is 12.2 Å². The summed E-state index contributed by atoms with van der Waals surface area (Å²) < 4.78 is 12.3. The molecule has 0 aliphatic rings. The van der Waals surface area contributed by atoms with Crippen LogP contribution in [0.4, 0.5) is 4.79 Å². The van der Waals surface area contributed by atoms with Crippen LogP contribution in [0.5, 0.6) is 0 Å². The number of nitrogens with one attached hydrogen (secondary N) is 2. The molecule has 0 aromatic carbocycles. The van der Waals surface area contributed by atoms with Crippen molar-refractivity contribution in [1.82, 2.24) is 10.6 Å². The Labute approximate surface area is 195 Å². The van der Waals surface area contributed by atoms with Crippen molar-refractivity contribution in [1.29, 1.82) is 0 Å². The number of amides is 2. The maximum Gasteiger partial charge on any atom is 0.408 e. The van der Waals surface area contributed by atoms with Gasteiger partial charge in [0.25, 0.3) is 0 Å². The SMILES string of the molecule is CCCCOC(=O)C(O)C/C=C/[C@H](NC(=O)OCC(Cl)(Cl)Cl)C(=O)N[C@H](C)C(=O)OC. The van der Waals surface area contributed by atoms with Crippen molar-refractivity contribution in [3.63, 3.8) is 0 Å². The highest BCUT2D eigenvalue weighted by molar-refractivity contribution is 6.67. The first-order valence-corrected chi connectivity index (χ1v) is 10.4.